The van der Waals surface area contributed by atoms with Crippen molar-refractivity contribution in [1.82, 2.24) is 4.90 Å². The lowest BCUT2D eigenvalue weighted by Gasteiger charge is -2.36. The van der Waals surface area contributed by atoms with Crippen LogP contribution < -0.4 is 14.4 Å². The van der Waals surface area contributed by atoms with Gasteiger partial charge in [-0.3, -0.25) is 4.90 Å². The van der Waals surface area contributed by atoms with Crippen molar-refractivity contribution in [3.05, 3.63) is 53.6 Å². The van der Waals surface area contributed by atoms with Crippen molar-refractivity contribution < 1.29 is 9.47 Å². The summed E-state index contributed by atoms with van der Waals surface area (Å²) >= 11 is 5.88. The van der Waals surface area contributed by atoms with E-state index in [4.69, 9.17) is 21.1 Å². The summed E-state index contributed by atoms with van der Waals surface area (Å²) in [6.07, 6.45) is 0. The zero-order valence-corrected chi connectivity index (χ0v) is 14.7. The maximum absolute atomic E-state index is 5.88. The summed E-state index contributed by atoms with van der Waals surface area (Å²) in [4.78, 5) is 4.82. The lowest BCUT2D eigenvalue weighted by molar-refractivity contribution is 0.200. The monoisotopic (exact) mass is 346 g/mol. The predicted molar refractivity (Wildman–Crippen MR) is 98.6 cm³/mol. The van der Waals surface area contributed by atoms with Gasteiger partial charge in [-0.1, -0.05) is 23.7 Å². The Bertz CT molecular complexity index is 640. The SMILES string of the molecule is COc1ccccc1N1CCN(CCOc2ccc(Cl)cc2)CC1. The van der Waals surface area contributed by atoms with Gasteiger partial charge in [0.2, 0.25) is 0 Å². The van der Waals surface area contributed by atoms with Crippen molar-refractivity contribution in [3.8, 4) is 11.5 Å². The van der Waals surface area contributed by atoms with Gasteiger partial charge in [0.25, 0.3) is 0 Å². The normalized spacial score (nSPS) is 15.3. The Balaban J connectivity index is 1.44. The Hall–Kier alpha value is -1.91. The molecule has 1 fully saturated rings. The van der Waals surface area contributed by atoms with Crippen LogP contribution in [0.1, 0.15) is 0 Å². The maximum atomic E-state index is 5.88. The topological polar surface area (TPSA) is 24.9 Å². The molecule has 1 aliphatic heterocycles. The number of methoxy groups -OCH3 is 1. The van der Waals surface area contributed by atoms with Crippen LogP contribution in [-0.4, -0.2) is 51.3 Å². The van der Waals surface area contributed by atoms with Crippen LogP contribution in [0.25, 0.3) is 0 Å². The van der Waals surface area contributed by atoms with Gasteiger partial charge in [-0.25, -0.2) is 0 Å². The van der Waals surface area contributed by atoms with E-state index in [0.717, 1.165) is 49.2 Å². The Morgan fingerprint density at radius 3 is 2.38 bits per heavy atom. The molecule has 0 radical (unpaired) electrons. The molecule has 0 unspecified atom stereocenters. The first kappa shape index (κ1) is 16.9. The van der Waals surface area contributed by atoms with Crippen LogP contribution in [0, 0.1) is 0 Å². The molecule has 2 aromatic carbocycles. The summed E-state index contributed by atoms with van der Waals surface area (Å²) in [6, 6.07) is 15.7. The third-order valence-electron chi connectivity index (χ3n) is 4.29. The fourth-order valence-electron chi connectivity index (χ4n) is 2.93. The summed E-state index contributed by atoms with van der Waals surface area (Å²) in [7, 11) is 1.73. The lowest BCUT2D eigenvalue weighted by Crippen LogP contribution is -2.47. The number of nitrogens with zero attached hydrogens (tertiary/aromatic N) is 2. The molecule has 0 bridgehead atoms. The number of rotatable bonds is 6. The molecule has 5 heteroatoms. The van der Waals surface area contributed by atoms with Crippen LogP contribution in [0.3, 0.4) is 0 Å². The van der Waals surface area contributed by atoms with E-state index in [9.17, 15) is 0 Å². The molecule has 0 saturated carbocycles. The third kappa shape index (κ3) is 4.34. The lowest BCUT2D eigenvalue weighted by atomic mass is 10.2. The highest BCUT2D eigenvalue weighted by molar-refractivity contribution is 6.30. The van der Waals surface area contributed by atoms with E-state index in [0.29, 0.717) is 6.61 Å². The first-order valence-electron chi connectivity index (χ1n) is 8.25. The zero-order chi connectivity index (χ0) is 16.8. The Kier molecular flexibility index (Phi) is 5.83. The molecule has 0 amide bonds. The molecule has 4 nitrogen and oxygen atoms in total. The van der Waals surface area contributed by atoms with E-state index in [1.807, 2.05) is 36.4 Å². The molecule has 0 atom stereocenters. The molecule has 1 heterocycles. The second-order valence-corrected chi connectivity index (χ2v) is 6.24. The molecule has 24 heavy (non-hydrogen) atoms. The minimum Gasteiger partial charge on any atom is -0.495 e. The molecule has 0 spiro atoms. The average molecular weight is 347 g/mol. The van der Waals surface area contributed by atoms with Crippen LogP contribution in [0.5, 0.6) is 11.5 Å². The minimum absolute atomic E-state index is 0.691. The van der Waals surface area contributed by atoms with Crippen molar-refractivity contribution in [3.63, 3.8) is 0 Å². The number of benzene rings is 2. The first-order valence-corrected chi connectivity index (χ1v) is 8.63. The van der Waals surface area contributed by atoms with Crippen LogP contribution in [0.2, 0.25) is 5.02 Å². The van der Waals surface area contributed by atoms with E-state index in [2.05, 4.69) is 21.9 Å². The summed E-state index contributed by atoms with van der Waals surface area (Å²) in [6.45, 7) is 5.69. The fourth-order valence-corrected chi connectivity index (χ4v) is 3.05. The van der Waals surface area contributed by atoms with Gasteiger partial charge in [0.05, 0.1) is 12.8 Å². The Labute approximate surface area is 148 Å². The molecule has 0 aliphatic carbocycles. The van der Waals surface area contributed by atoms with E-state index in [1.165, 1.54) is 5.69 Å². The van der Waals surface area contributed by atoms with E-state index in [-0.39, 0.29) is 0 Å². The predicted octanol–water partition coefficient (Wildman–Crippen LogP) is 3.55. The highest BCUT2D eigenvalue weighted by atomic mass is 35.5. The second kappa shape index (κ2) is 8.27. The summed E-state index contributed by atoms with van der Waals surface area (Å²) in [5.41, 5.74) is 1.18. The number of ether oxygens (including phenoxy) is 2. The van der Waals surface area contributed by atoms with Crippen LogP contribution in [0.4, 0.5) is 5.69 Å². The Morgan fingerprint density at radius 1 is 0.958 bits per heavy atom. The number of halogens is 1. The number of piperazine rings is 1. The minimum atomic E-state index is 0.691. The van der Waals surface area contributed by atoms with Gasteiger partial charge in [0.15, 0.2) is 0 Å². The van der Waals surface area contributed by atoms with Crippen molar-refractivity contribution in [1.29, 1.82) is 0 Å². The molecule has 0 N–H and O–H groups in total. The highest BCUT2D eigenvalue weighted by Gasteiger charge is 2.19. The van der Waals surface area contributed by atoms with Crippen molar-refractivity contribution in [2.45, 2.75) is 0 Å². The van der Waals surface area contributed by atoms with Crippen molar-refractivity contribution in [2.24, 2.45) is 0 Å². The summed E-state index contributed by atoms with van der Waals surface area (Å²) in [5, 5.41) is 0.731. The first-order chi connectivity index (χ1) is 11.8. The molecule has 0 aromatic heterocycles. The number of hydrogen-bond donors (Lipinski definition) is 0. The van der Waals surface area contributed by atoms with Gasteiger partial charge in [0.1, 0.15) is 18.1 Å². The smallest absolute Gasteiger partial charge is 0.142 e. The molecular weight excluding hydrogens is 324 g/mol. The van der Waals surface area contributed by atoms with Crippen LogP contribution in [-0.2, 0) is 0 Å². The van der Waals surface area contributed by atoms with Crippen LogP contribution >= 0.6 is 11.6 Å². The zero-order valence-electron chi connectivity index (χ0n) is 14.0. The highest BCUT2D eigenvalue weighted by Crippen LogP contribution is 2.28. The van der Waals surface area contributed by atoms with Crippen molar-refractivity contribution >= 4 is 17.3 Å². The van der Waals surface area contributed by atoms with Gasteiger partial charge in [-0.15, -0.1) is 0 Å². The van der Waals surface area contributed by atoms with E-state index < -0.39 is 0 Å². The molecule has 1 saturated heterocycles. The number of anilines is 1. The number of hydrogen-bond acceptors (Lipinski definition) is 4. The van der Waals surface area contributed by atoms with E-state index in [1.54, 1.807) is 7.11 Å². The molecule has 2 aromatic rings. The quantitative estimate of drug-likeness (QED) is 0.798. The van der Waals surface area contributed by atoms with Crippen LogP contribution in [0.15, 0.2) is 48.5 Å². The number of para-hydroxylation sites is 2. The van der Waals surface area contributed by atoms with Crippen molar-refractivity contribution in [2.75, 3.05) is 51.3 Å². The standard InChI is InChI=1S/C19H23ClN2O2/c1-23-19-5-3-2-4-18(19)22-12-10-21(11-13-22)14-15-24-17-8-6-16(20)7-9-17/h2-9H,10-15H2,1H3. The second-order valence-electron chi connectivity index (χ2n) is 5.80. The Morgan fingerprint density at radius 2 is 1.67 bits per heavy atom. The summed E-state index contributed by atoms with van der Waals surface area (Å²) < 4.78 is 11.2. The van der Waals surface area contributed by atoms with E-state index >= 15 is 0 Å². The summed E-state index contributed by atoms with van der Waals surface area (Å²) in [5.74, 6) is 1.81. The maximum Gasteiger partial charge on any atom is 0.142 e. The van der Waals surface area contributed by atoms with Gasteiger partial charge in [-0.2, -0.15) is 0 Å². The van der Waals surface area contributed by atoms with Gasteiger partial charge in [0, 0.05) is 37.7 Å². The van der Waals surface area contributed by atoms with Gasteiger partial charge < -0.3 is 14.4 Å². The largest absolute Gasteiger partial charge is 0.495 e. The molecule has 1 aliphatic rings. The molecule has 3 rings (SSSR count). The third-order valence-corrected chi connectivity index (χ3v) is 4.54. The molecule has 128 valence electrons. The average Bonchev–Trinajstić information content (AvgIpc) is 2.64. The van der Waals surface area contributed by atoms with Gasteiger partial charge in [-0.05, 0) is 36.4 Å². The molecular formula is C19H23ClN2O2. The van der Waals surface area contributed by atoms with Gasteiger partial charge >= 0.3 is 0 Å². The fraction of sp³-hybridized carbons (Fsp3) is 0.368.